The Morgan fingerprint density at radius 2 is 1.89 bits per heavy atom. The Hall–Kier alpha value is -3.09. The summed E-state index contributed by atoms with van der Waals surface area (Å²) in [6, 6.07) is 8.42. The second-order valence-corrected chi connectivity index (χ2v) is 14.8. The lowest BCUT2D eigenvalue weighted by atomic mass is 9.71. The van der Waals surface area contributed by atoms with Crippen molar-refractivity contribution in [1.82, 2.24) is 30.4 Å². The van der Waals surface area contributed by atoms with E-state index in [1.165, 1.54) is 21.8 Å². The van der Waals surface area contributed by atoms with E-state index in [4.69, 9.17) is 4.98 Å². The highest BCUT2D eigenvalue weighted by molar-refractivity contribution is 7.19. The van der Waals surface area contributed by atoms with E-state index in [9.17, 15) is 22.8 Å². The Labute approximate surface area is 266 Å². The first-order chi connectivity index (χ1) is 21.1. The average Bonchev–Trinajstić information content (AvgIpc) is 3.58. The average molecular weight is 645 g/mol. The largest absolute Gasteiger partial charge is 0.401 e. The van der Waals surface area contributed by atoms with E-state index in [0.29, 0.717) is 35.9 Å². The molecule has 2 aromatic heterocycles. The Balaban J connectivity index is 1.29. The van der Waals surface area contributed by atoms with Crippen molar-refractivity contribution in [3.8, 4) is 0 Å². The number of nitrogens with zero attached hydrogens (tertiary/aromatic N) is 4. The number of carbonyl (C=O) groups excluding carboxylic acids is 2. The minimum atomic E-state index is -4.27. The van der Waals surface area contributed by atoms with Gasteiger partial charge < -0.3 is 15.5 Å². The molecule has 1 saturated heterocycles. The minimum absolute atomic E-state index is 0.156. The molecule has 45 heavy (non-hydrogen) atoms. The number of carbonyl (C=O) groups is 2. The molecule has 2 unspecified atom stereocenters. The summed E-state index contributed by atoms with van der Waals surface area (Å²) in [4.78, 5) is 40.3. The van der Waals surface area contributed by atoms with Crippen LogP contribution in [0.4, 0.5) is 13.2 Å². The Kier molecular flexibility index (Phi) is 9.86. The van der Waals surface area contributed by atoms with Crippen molar-refractivity contribution in [3.63, 3.8) is 0 Å². The fraction of sp³-hybridized carbons (Fsp3) is 0.576. The highest BCUT2D eigenvalue weighted by Crippen LogP contribution is 2.38. The van der Waals surface area contributed by atoms with Crippen LogP contribution in [0.15, 0.2) is 30.3 Å². The van der Waals surface area contributed by atoms with Gasteiger partial charge in [-0.25, -0.2) is 9.97 Å². The normalized spacial score (nSPS) is 19.9. The predicted molar refractivity (Wildman–Crippen MR) is 171 cm³/mol. The van der Waals surface area contributed by atoms with Crippen molar-refractivity contribution in [2.24, 2.45) is 11.3 Å². The fourth-order valence-electron chi connectivity index (χ4n) is 6.29. The van der Waals surface area contributed by atoms with E-state index in [-0.39, 0.29) is 42.4 Å². The fourth-order valence-corrected chi connectivity index (χ4v) is 7.13. The monoisotopic (exact) mass is 644 g/mol. The van der Waals surface area contributed by atoms with Gasteiger partial charge in [0.25, 0.3) is 11.8 Å². The van der Waals surface area contributed by atoms with E-state index in [0.717, 1.165) is 40.9 Å². The molecule has 1 aromatic carbocycles. The maximum absolute atomic E-state index is 13.6. The summed E-state index contributed by atoms with van der Waals surface area (Å²) in [6.07, 6.45) is -0.219. The predicted octanol–water partition coefficient (Wildman–Crippen LogP) is 5.63. The number of likely N-dealkylation sites (tertiary alicyclic amines) is 1. The third-order valence-corrected chi connectivity index (χ3v) is 9.86. The number of hydrogen-bond acceptors (Lipinski definition) is 7. The highest BCUT2D eigenvalue weighted by atomic mass is 32.1. The van der Waals surface area contributed by atoms with Gasteiger partial charge in [0, 0.05) is 30.4 Å². The lowest BCUT2D eigenvalue weighted by molar-refractivity contribution is -0.143. The zero-order chi connectivity index (χ0) is 32.5. The summed E-state index contributed by atoms with van der Waals surface area (Å²) in [6.45, 7) is 6.99. The van der Waals surface area contributed by atoms with E-state index in [1.807, 2.05) is 25.1 Å². The number of rotatable bonds is 9. The summed E-state index contributed by atoms with van der Waals surface area (Å²) < 4.78 is 38.4. The summed E-state index contributed by atoms with van der Waals surface area (Å²) in [5.41, 5.74) is 4.44. The quantitative estimate of drug-likeness (QED) is 0.314. The number of alkyl halides is 3. The van der Waals surface area contributed by atoms with Gasteiger partial charge in [0.2, 0.25) is 0 Å². The van der Waals surface area contributed by atoms with E-state index >= 15 is 0 Å². The molecule has 1 fully saturated rings. The van der Waals surface area contributed by atoms with Crippen molar-refractivity contribution in [3.05, 3.63) is 57.7 Å². The zero-order valence-electron chi connectivity index (χ0n) is 26.6. The smallest absolute Gasteiger partial charge is 0.348 e. The van der Waals surface area contributed by atoms with Crippen LogP contribution in [0.25, 0.3) is 10.3 Å². The highest BCUT2D eigenvalue weighted by Gasteiger charge is 2.35. The third-order valence-electron chi connectivity index (χ3n) is 8.90. The van der Waals surface area contributed by atoms with Crippen LogP contribution in [0.1, 0.15) is 83.1 Å². The Morgan fingerprint density at radius 3 is 2.60 bits per heavy atom. The second kappa shape index (κ2) is 13.3. The molecule has 12 heteroatoms. The molecule has 3 heterocycles. The van der Waals surface area contributed by atoms with Gasteiger partial charge in [0.05, 0.1) is 12.6 Å². The van der Waals surface area contributed by atoms with Gasteiger partial charge in [-0.2, -0.15) is 13.2 Å². The lowest BCUT2D eigenvalue weighted by Gasteiger charge is -2.34. The number of aryl methyl sites for hydroxylation is 1. The molecule has 2 aliphatic rings. The first-order valence-corrected chi connectivity index (χ1v) is 16.4. The third kappa shape index (κ3) is 8.59. The summed E-state index contributed by atoms with van der Waals surface area (Å²) in [7, 11) is 3.91. The molecular formula is C33H43F3N6O2S. The summed E-state index contributed by atoms with van der Waals surface area (Å²) >= 11 is 1.29. The number of pyridine rings is 1. The van der Waals surface area contributed by atoms with Crippen molar-refractivity contribution in [2.45, 2.75) is 71.1 Å². The lowest BCUT2D eigenvalue weighted by Crippen LogP contribution is -2.39. The maximum Gasteiger partial charge on any atom is 0.401 e. The number of hydrogen-bond donors (Lipinski definition) is 2. The standard InChI is InChI=1S/C33H43F3N6O2S/c1-32(2,3)23-9-10-25-22(16-23)17-27-30(39-25)45-31(40-27)29(44)38-26(12-13-41(4)5)20-7-6-8-21(15-20)28(43)37-24-11-14-42(18-24)19-33(34,35)36/h6-8,15,17,23-24,26H,9-14,16,18-19H2,1-5H3,(H,37,43)(H,38,44)/t23-,24?,26?/m0/s1. The first kappa shape index (κ1) is 33.3. The van der Waals surface area contributed by atoms with Crippen molar-refractivity contribution >= 4 is 33.5 Å². The molecule has 2 N–H and O–H groups in total. The molecule has 0 spiro atoms. The second-order valence-electron chi connectivity index (χ2n) is 13.8. The van der Waals surface area contributed by atoms with Crippen molar-refractivity contribution in [1.29, 1.82) is 0 Å². The van der Waals surface area contributed by atoms with E-state index < -0.39 is 12.7 Å². The molecule has 0 radical (unpaired) electrons. The molecule has 3 aromatic rings. The van der Waals surface area contributed by atoms with Gasteiger partial charge in [-0.1, -0.05) is 44.2 Å². The molecule has 244 valence electrons. The van der Waals surface area contributed by atoms with Gasteiger partial charge in [0.1, 0.15) is 10.3 Å². The minimum Gasteiger partial charge on any atom is -0.348 e. The van der Waals surface area contributed by atoms with Crippen LogP contribution in [0.5, 0.6) is 0 Å². The Bertz CT molecular complexity index is 1530. The van der Waals surface area contributed by atoms with Gasteiger partial charge in [-0.15, -0.1) is 0 Å². The first-order valence-electron chi connectivity index (χ1n) is 15.6. The molecule has 8 nitrogen and oxygen atoms in total. The molecule has 2 amide bonds. The summed E-state index contributed by atoms with van der Waals surface area (Å²) in [5.74, 6) is -0.0654. The van der Waals surface area contributed by atoms with Crippen LogP contribution in [0, 0.1) is 11.3 Å². The van der Waals surface area contributed by atoms with E-state index in [2.05, 4.69) is 42.5 Å². The molecule has 3 atom stereocenters. The molecule has 0 saturated carbocycles. The SMILES string of the molecule is CN(C)CCC(NC(=O)c1nc2cc3c(nc2s1)CC[C@H](C(C)(C)C)C3)c1cccc(C(=O)NC2CCN(CC(F)(F)F)C2)c1. The molecule has 1 aliphatic heterocycles. The van der Waals surface area contributed by atoms with Crippen LogP contribution >= 0.6 is 11.3 Å². The Morgan fingerprint density at radius 1 is 1.11 bits per heavy atom. The van der Waals surface area contributed by atoms with Crippen molar-refractivity contribution < 1.29 is 22.8 Å². The van der Waals surface area contributed by atoms with Crippen LogP contribution in [0.2, 0.25) is 0 Å². The molecule has 0 bridgehead atoms. The van der Waals surface area contributed by atoms with E-state index in [1.54, 1.807) is 18.2 Å². The number of amides is 2. The number of aromatic nitrogens is 2. The number of halogens is 3. The zero-order valence-corrected chi connectivity index (χ0v) is 27.4. The van der Waals surface area contributed by atoms with Crippen LogP contribution in [-0.4, -0.2) is 84.1 Å². The van der Waals surface area contributed by atoms with Gasteiger partial charge in [-0.3, -0.25) is 14.5 Å². The number of fused-ring (bicyclic) bond motifs is 2. The topological polar surface area (TPSA) is 90.5 Å². The van der Waals surface area contributed by atoms with Gasteiger partial charge in [0.15, 0.2) is 5.01 Å². The number of nitrogens with one attached hydrogen (secondary N) is 2. The molecule has 1 aliphatic carbocycles. The molecular weight excluding hydrogens is 601 g/mol. The van der Waals surface area contributed by atoms with Crippen LogP contribution in [0.3, 0.4) is 0 Å². The van der Waals surface area contributed by atoms with Crippen molar-refractivity contribution in [2.75, 3.05) is 40.3 Å². The number of thiazole rings is 1. The number of benzene rings is 1. The maximum atomic E-state index is 13.6. The molecule has 5 rings (SSSR count). The van der Waals surface area contributed by atoms with Crippen LogP contribution in [-0.2, 0) is 12.8 Å². The summed E-state index contributed by atoms with van der Waals surface area (Å²) in [5, 5.41) is 6.37. The van der Waals surface area contributed by atoms with Gasteiger partial charge >= 0.3 is 6.18 Å². The van der Waals surface area contributed by atoms with Gasteiger partial charge in [-0.05, 0) is 93.4 Å². The van der Waals surface area contributed by atoms with Crippen LogP contribution < -0.4 is 10.6 Å².